The summed E-state index contributed by atoms with van der Waals surface area (Å²) in [6.45, 7) is 5.84. The van der Waals surface area contributed by atoms with Gasteiger partial charge in [0, 0.05) is 29.3 Å². The van der Waals surface area contributed by atoms with Crippen LogP contribution in [0.25, 0.3) is 22.2 Å². The van der Waals surface area contributed by atoms with Crippen molar-refractivity contribution in [1.29, 1.82) is 0 Å². The molecule has 1 atom stereocenters. The van der Waals surface area contributed by atoms with E-state index in [9.17, 15) is 4.79 Å². The Kier molecular flexibility index (Phi) is 5.40. The smallest absolute Gasteiger partial charge is 0.235 e. The number of nitrogens with zero attached hydrogens (tertiary/aromatic N) is 3. The third-order valence-corrected chi connectivity index (χ3v) is 5.62. The number of hydrogen-bond donors (Lipinski definition) is 2. The Morgan fingerprint density at radius 2 is 1.96 bits per heavy atom. The minimum atomic E-state index is -0.626. The van der Waals surface area contributed by atoms with Crippen LogP contribution in [0.3, 0.4) is 0 Å². The molecule has 0 unspecified atom stereocenters. The molecule has 1 amide bonds. The Balaban J connectivity index is 0.00000112. The molecule has 0 aliphatic carbocycles. The SMILES string of the molecule is CC1(C)C(=O)Nc2nccc(-c3nn([C@H]4CCNC4)c4ccccc34)c21.Cl.Cl. The van der Waals surface area contributed by atoms with Crippen molar-refractivity contribution in [2.75, 3.05) is 18.4 Å². The van der Waals surface area contributed by atoms with Crippen molar-refractivity contribution in [3.05, 3.63) is 42.1 Å². The quantitative estimate of drug-likeness (QED) is 0.663. The van der Waals surface area contributed by atoms with Crippen molar-refractivity contribution in [1.82, 2.24) is 20.1 Å². The molecular formula is C20H23Cl2N5O. The predicted octanol–water partition coefficient (Wildman–Crippen LogP) is 3.71. The van der Waals surface area contributed by atoms with E-state index in [2.05, 4.69) is 38.5 Å². The van der Waals surface area contributed by atoms with E-state index in [1.807, 2.05) is 26.0 Å². The Morgan fingerprint density at radius 1 is 1.18 bits per heavy atom. The summed E-state index contributed by atoms with van der Waals surface area (Å²) >= 11 is 0. The number of halogens is 2. The average molecular weight is 420 g/mol. The highest BCUT2D eigenvalue weighted by Crippen LogP contribution is 2.43. The second kappa shape index (κ2) is 7.35. The average Bonchev–Trinajstić information content (AvgIpc) is 3.33. The normalized spacial score (nSPS) is 19.6. The lowest BCUT2D eigenvalue weighted by atomic mass is 9.83. The van der Waals surface area contributed by atoms with Gasteiger partial charge in [-0.05, 0) is 38.9 Å². The summed E-state index contributed by atoms with van der Waals surface area (Å²) in [5, 5.41) is 12.5. The van der Waals surface area contributed by atoms with Crippen LogP contribution >= 0.6 is 24.8 Å². The molecule has 2 N–H and O–H groups in total. The van der Waals surface area contributed by atoms with Gasteiger partial charge in [0.1, 0.15) is 11.5 Å². The number of para-hydroxylation sites is 1. The third-order valence-electron chi connectivity index (χ3n) is 5.62. The zero-order chi connectivity index (χ0) is 17.9. The van der Waals surface area contributed by atoms with E-state index in [1.165, 1.54) is 0 Å². The number of pyridine rings is 1. The molecule has 6 nitrogen and oxygen atoms in total. The first-order valence-corrected chi connectivity index (χ1v) is 9.06. The molecule has 1 saturated heterocycles. The largest absolute Gasteiger partial charge is 0.315 e. The molecule has 2 aliphatic heterocycles. The van der Waals surface area contributed by atoms with Gasteiger partial charge in [0.05, 0.1) is 17.0 Å². The number of nitrogens with one attached hydrogen (secondary N) is 2. The number of anilines is 1. The number of carbonyl (C=O) groups excluding carboxylic acids is 1. The van der Waals surface area contributed by atoms with Gasteiger partial charge in [0.25, 0.3) is 0 Å². The summed E-state index contributed by atoms with van der Waals surface area (Å²) in [6, 6.07) is 10.7. The van der Waals surface area contributed by atoms with E-state index in [1.54, 1.807) is 6.20 Å². The molecule has 0 spiro atoms. The van der Waals surface area contributed by atoms with Crippen LogP contribution in [-0.4, -0.2) is 33.8 Å². The summed E-state index contributed by atoms with van der Waals surface area (Å²) in [5.41, 5.74) is 3.36. The minimum Gasteiger partial charge on any atom is -0.315 e. The van der Waals surface area contributed by atoms with Crippen LogP contribution in [0.4, 0.5) is 5.82 Å². The molecule has 4 heterocycles. The Bertz CT molecular complexity index is 1040. The highest BCUT2D eigenvalue weighted by Gasteiger charge is 2.42. The zero-order valence-corrected chi connectivity index (χ0v) is 17.4. The van der Waals surface area contributed by atoms with Gasteiger partial charge < -0.3 is 10.6 Å². The minimum absolute atomic E-state index is 0. The zero-order valence-electron chi connectivity index (χ0n) is 15.7. The van der Waals surface area contributed by atoms with Crippen molar-refractivity contribution in [2.24, 2.45) is 0 Å². The summed E-state index contributed by atoms with van der Waals surface area (Å²) in [4.78, 5) is 16.8. The second-order valence-electron chi connectivity index (χ2n) is 7.62. The van der Waals surface area contributed by atoms with Crippen LogP contribution in [0.15, 0.2) is 36.5 Å². The summed E-state index contributed by atoms with van der Waals surface area (Å²) in [6.07, 6.45) is 2.83. The summed E-state index contributed by atoms with van der Waals surface area (Å²) < 4.78 is 2.15. The molecule has 1 aromatic carbocycles. The lowest BCUT2D eigenvalue weighted by Gasteiger charge is -2.17. The van der Waals surface area contributed by atoms with Gasteiger partial charge >= 0.3 is 0 Å². The lowest BCUT2D eigenvalue weighted by molar-refractivity contribution is -0.119. The maximum absolute atomic E-state index is 12.4. The van der Waals surface area contributed by atoms with Crippen molar-refractivity contribution >= 4 is 47.4 Å². The van der Waals surface area contributed by atoms with E-state index < -0.39 is 5.41 Å². The highest BCUT2D eigenvalue weighted by molar-refractivity contribution is 6.08. The molecule has 5 rings (SSSR count). The Morgan fingerprint density at radius 3 is 2.71 bits per heavy atom. The number of aromatic nitrogens is 3. The van der Waals surface area contributed by atoms with Crippen molar-refractivity contribution in [2.45, 2.75) is 31.7 Å². The fourth-order valence-corrected chi connectivity index (χ4v) is 4.18. The first-order valence-electron chi connectivity index (χ1n) is 9.06. The summed E-state index contributed by atoms with van der Waals surface area (Å²) in [7, 11) is 0. The Labute approximate surface area is 175 Å². The number of benzene rings is 1. The molecule has 148 valence electrons. The topological polar surface area (TPSA) is 71.8 Å². The van der Waals surface area contributed by atoms with Crippen LogP contribution in [0.5, 0.6) is 0 Å². The van der Waals surface area contributed by atoms with Gasteiger partial charge in [-0.1, -0.05) is 18.2 Å². The molecule has 28 heavy (non-hydrogen) atoms. The number of amides is 1. The maximum atomic E-state index is 12.4. The summed E-state index contributed by atoms with van der Waals surface area (Å²) in [5.74, 6) is 0.634. The second-order valence-corrected chi connectivity index (χ2v) is 7.62. The van der Waals surface area contributed by atoms with E-state index in [0.29, 0.717) is 11.9 Å². The van der Waals surface area contributed by atoms with Crippen LogP contribution < -0.4 is 10.6 Å². The van der Waals surface area contributed by atoms with Gasteiger partial charge in [-0.15, -0.1) is 24.8 Å². The predicted molar refractivity (Wildman–Crippen MR) is 116 cm³/mol. The number of fused-ring (bicyclic) bond motifs is 2. The fourth-order valence-electron chi connectivity index (χ4n) is 4.18. The number of carbonyl (C=O) groups is 1. The molecule has 2 aromatic heterocycles. The van der Waals surface area contributed by atoms with E-state index >= 15 is 0 Å². The third kappa shape index (κ3) is 2.87. The number of rotatable bonds is 2. The van der Waals surface area contributed by atoms with Gasteiger partial charge in [-0.25, -0.2) is 4.98 Å². The van der Waals surface area contributed by atoms with E-state index in [-0.39, 0.29) is 30.7 Å². The number of hydrogen-bond acceptors (Lipinski definition) is 4. The molecular weight excluding hydrogens is 397 g/mol. The first kappa shape index (κ1) is 20.6. The molecule has 3 aromatic rings. The molecule has 8 heteroatoms. The van der Waals surface area contributed by atoms with Crippen molar-refractivity contribution in [3.63, 3.8) is 0 Å². The molecule has 0 bridgehead atoms. The standard InChI is InChI=1S/C20H21N5O.2ClH/c1-20(2)16-14(8-10-22-18(16)23-19(20)26)17-13-5-3-4-6-15(13)25(24-17)12-7-9-21-11-12;;/h3-6,8,10,12,21H,7,9,11H2,1-2H3,(H,22,23,26);2*1H/t12-;;/m0../s1. The fraction of sp³-hybridized carbons (Fsp3) is 0.350. The molecule has 1 fully saturated rings. The molecule has 0 saturated carbocycles. The molecule has 0 radical (unpaired) electrons. The van der Waals surface area contributed by atoms with E-state index in [0.717, 1.165) is 47.2 Å². The highest BCUT2D eigenvalue weighted by atomic mass is 35.5. The van der Waals surface area contributed by atoms with Crippen LogP contribution in [0.1, 0.15) is 31.9 Å². The van der Waals surface area contributed by atoms with Gasteiger partial charge in [0.15, 0.2) is 0 Å². The van der Waals surface area contributed by atoms with Crippen molar-refractivity contribution < 1.29 is 4.79 Å². The monoisotopic (exact) mass is 419 g/mol. The van der Waals surface area contributed by atoms with Crippen LogP contribution in [-0.2, 0) is 10.2 Å². The lowest BCUT2D eigenvalue weighted by Crippen LogP contribution is -2.27. The van der Waals surface area contributed by atoms with Crippen LogP contribution in [0.2, 0.25) is 0 Å². The van der Waals surface area contributed by atoms with Gasteiger partial charge in [-0.2, -0.15) is 5.10 Å². The van der Waals surface area contributed by atoms with Gasteiger partial charge in [-0.3, -0.25) is 9.48 Å². The van der Waals surface area contributed by atoms with E-state index in [4.69, 9.17) is 5.10 Å². The first-order chi connectivity index (χ1) is 12.6. The van der Waals surface area contributed by atoms with Crippen molar-refractivity contribution in [3.8, 4) is 11.3 Å². The molecule has 2 aliphatic rings. The maximum Gasteiger partial charge on any atom is 0.235 e. The van der Waals surface area contributed by atoms with Crippen LogP contribution in [0, 0.1) is 0 Å². The van der Waals surface area contributed by atoms with Gasteiger partial charge in [0.2, 0.25) is 5.91 Å². The Hall–Kier alpha value is -2.15.